The predicted molar refractivity (Wildman–Crippen MR) is 85.9 cm³/mol. The predicted octanol–water partition coefficient (Wildman–Crippen LogP) is 0.601. The molecule has 1 N–H and O–H groups in total. The van der Waals surface area contributed by atoms with Crippen molar-refractivity contribution in [1.82, 2.24) is 15.2 Å². The number of ether oxygens (including phenoxy) is 2. The molecule has 0 spiro atoms. The number of hydrogen-bond acceptors (Lipinski definition) is 5. The van der Waals surface area contributed by atoms with Gasteiger partial charge < -0.3 is 14.8 Å². The Morgan fingerprint density at radius 3 is 3.22 bits per heavy atom. The fraction of sp³-hybridized carbons (Fsp3) is 0.647. The molecule has 3 rings (SSSR count). The van der Waals surface area contributed by atoms with Crippen molar-refractivity contribution >= 4 is 5.91 Å². The topological polar surface area (TPSA) is 63.7 Å². The minimum absolute atomic E-state index is 0.0211. The van der Waals surface area contributed by atoms with Gasteiger partial charge in [-0.1, -0.05) is 6.07 Å². The monoisotopic (exact) mass is 319 g/mol. The molecule has 2 atom stereocenters. The van der Waals surface area contributed by atoms with E-state index in [0.29, 0.717) is 19.1 Å². The number of amides is 1. The highest BCUT2D eigenvalue weighted by Gasteiger charge is 2.50. The molecule has 0 unspecified atom stereocenters. The van der Waals surface area contributed by atoms with Crippen molar-refractivity contribution in [3.05, 3.63) is 29.6 Å². The highest BCUT2D eigenvalue weighted by atomic mass is 16.5. The smallest absolute Gasteiger partial charge is 0.246 e. The SMILES string of the molecule is COCC(=O)NC[C@]12COC[C@H]1CN(Cc1cccc(C)n1)C2. The van der Waals surface area contributed by atoms with E-state index in [1.807, 2.05) is 13.0 Å². The second kappa shape index (κ2) is 6.95. The molecular formula is C17H25N3O3. The Balaban J connectivity index is 1.61. The number of carbonyl (C=O) groups excluding carboxylic acids is 1. The van der Waals surface area contributed by atoms with Crippen LogP contribution in [0.3, 0.4) is 0 Å². The minimum atomic E-state index is -0.0636. The number of carbonyl (C=O) groups is 1. The number of aryl methyl sites for hydroxylation is 1. The summed E-state index contributed by atoms with van der Waals surface area (Å²) in [5, 5.41) is 2.99. The molecule has 2 aliphatic rings. The zero-order valence-corrected chi connectivity index (χ0v) is 13.9. The van der Waals surface area contributed by atoms with Crippen molar-refractivity contribution in [2.75, 3.05) is 46.6 Å². The molecule has 1 aromatic rings. The molecule has 126 valence electrons. The van der Waals surface area contributed by atoms with E-state index in [9.17, 15) is 4.79 Å². The number of rotatable bonds is 6. The van der Waals surface area contributed by atoms with Crippen LogP contribution in [0.2, 0.25) is 0 Å². The molecule has 2 fully saturated rings. The third-order valence-electron chi connectivity index (χ3n) is 4.84. The van der Waals surface area contributed by atoms with E-state index in [1.54, 1.807) is 0 Å². The molecule has 2 saturated heterocycles. The molecule has 6 nitrogen and oxygen atoms in total. The first kappa shape index (κ1) is 16.4. The summed E-state index contributed by atoms with van der Waals surface area (Å²) in [6.45, 7) is 7.04. The van der Waals surface area contributed by atoms with Gasteiger partial charge in [0.2, 0.25) is 5.91 Å². The quantitative estimate of drug-likeness (QED) is 0.832. The van der Waals surface area contributed by atoms with Crippen molar-refractivity contribution < 1.29 is 14.3 Å². The first-order valence-electron chi connectivity index (χ1n) is 8.09. The molecule has 23 heavy (non-hydrogen) atoms. The van der Waals surface area contributed by atoms with Crippen LogP contribution in [-0.2, 0) is 20.8 Å². The molecular weight excluding hydrogens is 294 g/mol. The van der Waals surface area contributed by atoms with Crippen LogP contribution >= 0.6 is 0 Å². The Kier molecular flexibility index (Phi) is 4.94. The van der Waals surface area contributed by atoms with Gasteiger partial charge in [0.05, 0.1) is 18.9 Å². The van der Waals surface area contributed by atoms with Gasteiger partial charge in [-0.2, -0.15) is 0 Å². The van der Waals surface area contributed by atoms with Gasteiger partial charge in [-0.3, -0.25) is 14.7 Å². The van der Waals surface area contributed by atoms with Crippen LogP contribution < -0.4 is 5.32 Å². The van der Waals surface area contributed by atoms with Gasteiger partial charge in [-0.25, -0.2) is 0 Å². The van der Waals surface area contributed by atoms with Gasteiger partial charge in [-0.05, 0) is 19.1 Å². The number of hydrogen-bond donors (Lipinski definition) is 1. The van der Waals surface area contributed by atoms with Crippen molar-refractivity contribution in [2.45, 2.75) is 13.5 Å². The summed E-state index contributed by atoms with van der Waals surface area (Å²) in [5.74, 6) is 0.404. The Labute approximate surface area is 137 Å². The highest BCUT2D eigenvalue weighted by Crippen LogP contribution is 2.41. The second-order valence-electron chi connectivity index (χ2n) is 6.72. The third-order valence-corrected chi connectivity index (χ3v) is 4.84. The Morgan fingerprint density at radius 1 is 1.57 bits per heavy atom. The molecule has 0 bridgehead atoms. The summed E-state index contributed by atoms with van der Waals surface area (Å²) in [7, 11) is 1.53. The van der Waals surface area contributed by atoms with Gasteiger partial charge in [0, 0.05) is 50.3 Å². The van der Waals surface area contributed by atoms with E-state index < -0.39 is 0 Å². The van der Waals surface area contributed by atoms with E-state index in [1.165, 1.54) is 7.11 Å². The maximum Gasteiger partial charge on any atom is 0.246 e. The average Bonchev–Trinajstić information content (AvgIpc) is 3.02. The van der Waals surface area contributed by atoms with Crippen LogP contribution in [0.1, 0.15) is 11.4 Å². The maximum atomic E-state index is 11.7. The molecule has 0 saturated carbocycles. The number of nitrogens with zero attached hydrogens (tertiary/aromatic N) is 2. The molecule has 6 heteroatoms. The lowest BCUT2D eigenvalue weighted by Crippen LogP contribution is -2.44. The van der Waals surface area contributed by atoms with E-state index in [2.05, 4.69) is 27.3 Å². The number of likely N-dealkylation sites (tertiary alicyclic amines) is 1. The maximum absolute atomic E-state index is 11.7. The van der Waals surface area contributed by atoms with Gasteiger partial charge in [0.15, 0.2) is 0 Å². The Hall–Kier alpha value is -1.50. The number of aromatic nitrogens is 1. The Morgan fingerprint density at radius 2 is 2.43 bits per heavy atom. The van der Waals surface area contributed by atoms with Gasteiger partial charge >= 0.3 is 0 Å². The van der Waals surface area contributed by atoms with Crippen molar-refractivity contribution in [1.29, 1.82) is 0 Å². The first-order valence-corrected chi connectivity index (χ1v) is 8.09. The molecule has 3 heterocycles. The lowest BCUT2D eigenvalue weighted by molar-refractivity contribution is -0.125. The van der Waals surface area contributed by atoms with Crippen LogP contribution in [0, 0.1) is 18.3 Å². The van der Waals surface area contributed by atoms with Crippen molar-refractivity contribution in [3.8, 4) is 0 Å². The zero-order chi connectivity index (χ0) is 16.3. The zero-order valence-electron chi connectivity index (χ0n) is 13.9. The third kappa shape index (κ3) is 3.71. The van der Waals surface area contributed by atoms with Crippen LogP contribution in [0.4, 0.5) is 0 Å². The lowest BCUT2D eigenvalue weighted by Gasteiger charge is -2.27. The minimum Gasteiger partial charge on any atom is -0.380 e. The first-order chi connectivity index (χ1) is 11.1. The molecule has 1 amide bonds. The number of nitrogens with one attached hydrogen (secondary N) is 1. The van der Waals surface area contributed by atoms with E-state index in [-0.39, 0.29) is 17.9 Å². The fourth-order valence-corrected chi connectivity index (χ4v) is 3.69. The van der Waals surface area contributed by atoms with Crippen molar-refractivity contribution in [3.63, 3.8) is 0 Å². The van der Waals surface area contributed by atoms with Gasteiger partial charge in [0.25, 0.3) is 0 Å². The van der Waals surface area contributed by atoms with Crippen LogP contribution in [0.15, 0.2) is 18.2 Å². The summed E-state index contributed by atoms with van der Waals surface area (Å²) in [6, 6.07) is 6.14. The standard InChI is InChI=1S/C17H25N3O3/c1-13-4-3-5-15(19-13)7-20-6-14-8-23-12-17(14,11-20)10-18-16(21)9-22-2/h3-5,14H,6-12H2,1-2H3,(H,18,21)/t14-,17+/m1/s1. The molecule has 0 radical (unpaired) electrons. The summed E-state index contributed by atoms with van der Waals surface area (Å²) >= 11 is 0. The number of pyridine rings is 1. The molecule has 2 aliphatic heterocycles. The van der Waals surface area contributed by atoms with E-state index >= 15 is 0 Å². The number of methoxy groups -OCH3 is 1. The van der Waals surface area contributed by atoms with E-state index in [0.717, 1.165) is 37.6 Å². The summed E-state index contributed by atoms with van der Waals surface area (Å²) < 4.78 is 10.6. The Bertz CT molecular complexity index is 566. The van der Waals surface area contributed by atoms with Crippen LogP contribution in [0.25, 0.3) is 0 Å². The number of fused-ring (bicyclic) bond motifs is 1. The summed E-state index contributed by atoms with van der Waals surface area (Å²) in [4.78, 5) is 18.7. The molecule has 1 aromatic heterocycles. The largest absolute Gasteiger partial charge is 0.380 e. The highest BCUT2D eigenvalue weighted by molar-refractivity contribution is 5.77. The molecule has 0 aromatic carbocycles. The van der Waals surface area contributed by atoms with E-state index in [4.69, 9.17) is 9.47 Å². The lowest BCUT2D eigenvalue weighted by atomic mass is 9.81. The molecule has 0 aliphatic carbocycles. The van der Waals surface area contributed by atoms with Crippen LogP contribution in [0.5, 0.6) is 0 Å². The van der Waals surface area contributed by atoms with Gasteiger partial charge in [-0.15, -0.1) is 0 Å². The van der Waals surface area contributed by atoms with Gasteiger partial charge in [0.1, 0.15) is 6.61 Å². The van der Waals surface area contributed by atoms with Crippen LogP contribution in [-0.4, -0.2) is 62.4 Å². The van der Waals surface area contributed by atoms with Crippen molar-refractivity contribution in [2.24, 2.45) is 11.3 Å². The average molecular weight is 319 g/mol. The summed E-state index contributed by atoms with van der Waals surface area (Å²) in [6.07, 6.45) is 0. The second-order valence-corrected chi connectivity index (χ2v) is 6.72. The normalized spacial score (nSPS) is 27.1. The fourth-order valence-electron chi connectivity index (χ4n) is 3.69. The summed E-state index contributed by atoms with van der Waals surface area (Å²) in [5.41, 5.74) is 2.17.